The van der Waals surface area contributed by atoms with Crippen molar-refractivity contribution in [1.82, 2.24) is 0 Å². The molecule has 1 rings (SSSR count). The average Bonchev–Trinajstić information content (AvgIpc) is 3.41. The summed E-state index contributed by atoms with van der Waals surface area (Å²) < 4.78 is 10.0. The molecule has 1 aliphatic rings. The molecule has 1 heterocycles. The van der Waals surface area contributed by atoms with Gasteiger partial charge in [0, 0.05) is 6.08 Å². The number of epoxide rings is 1. The Labute approximate surface area is 149 Å². The maximum atomic E-state index is 11.3. The Morgan fingerprint density at radius 1 is 0.917 bits per heavy atom. The Morgan fingerprint density at radius 2 is 1.42 bits per heavy atom. The third kappa shape index (κ3) is 14.7. The van der Waals surface area contributed by atoms with E-state index in [4.69, 9.17) is 9.47 Å². The van der Waals surface area contributed by atoms with E-state index in [9.17, 15) is 4.79 Å². The van der Waals surface area contributed by atoms with Crippen molar-refractivity contribution in [2.75, 3.05) is 13.2 Å². The highest BCUT2D eigenvalue weighted by molar-refractivity contribution is 5.81. The van der Waals surface area contributed by atoms with E-state index in [0.717, 1.165) is 13.0 Å². The summed E-state index contributed by atoms with van der Waals surface area (Å²) >= 11 is 0. The molecular weight excluding hydrogens is 300 g/mol. The highest BCUT2D eigenvalue weighted by atomic mass is 16.6. The molecule has 0 aliphatic carbocycles. The van der Waals surface area contributed by atoms with Gasteiger partial charge in [-0.2, -0.15) is 0 Å². The minimum absolute atomic E-state index is 0.156. The van der Waals surface area contributed by atoms with Crippen molar-refractivity contribution in [2.45, 2.75) is 103 Å². The molecular formula is C21H38O3. The first-order valence-electron chi connectivity index (χ1n) is 10.3. The first kappa shape index (κ1) is 21.2. The monoisotopic (exact) mass is 338 g/mol. The van der Waals surface area contributed by atoms with E-state index in [-0.39, 0.29) is 12.1 Å². The lowest BCUT2D eigenvalue weighted by atomic mass is 10.0. The Kier molecular flexibility index (Phi) is 13.9. The molecule has 0 saturated carbocycles. The largest absolute Gasteiger partial charge is 0.460 e. The van der Waals surface area contributed by atoms with Crippen LogP contribution in [0.2, 0.25) is 0 Å². The Balaban J connectivity index is 1.71. The molecule has 1 saturated heterocycles. The molecule has 140 valence electrons. The Morgan fingerprint density at radius 3 is 1.92 bits per heavy atom. The second-order valence-electron chi connectivity index (χ2n) is 7.02. The van der Waals surface area contributed by atoms with E-state index < -0.39 is 0 Å². The maximum absolute atomic E-state index is 11.3. The minimum atomic E-state index is -0.236. The van der Waals surface area contributed by atoms with Crippen molar-refractivity contribution in [1.29, 1.82) is 0 Å². The number of hydrogen-bond donors (Lipinski definition) is 0. The summed E-state index contributed by atoms with van der Waals surface area (Å²) in [6, 6.07) is 0. The van der Waals surface area contributed by atoms with Crippen LogP contribution in [0.15, 0.2) is 12.2 Å². The molecule has 3 heteroatoms. The lowest BCUT2D eigenvalue weighted by Gasteiger charge is -2.02. The van der Waals surface area contributed by atoms with Gasteiger partial charge in [-0.25, -0.2) is 4.79 Å². The zero-order valence-corrected chi connectivity index (χ0v) is 15.8. The van der Waals surface area contributed by atoms with Crippen LogP contribution in [0.4, 0.5) is 0 Å². The molecule has 1 atom stereocenters. The number of esters is 1. The predicted octanol–water partition coefficient (Wildman–Crippen LogP) is 5.97. The summed E-state index contributed by atoms with van der Waals surface area (Å²) in [5.41, 5.74) is 0. The van der Waals surface area contributed by atoms with Gasteiger partial charge in [-0.05, 0) is 12.8 Å². The van der Waals surface area contributed by atoms with E-state index >= 15 is 0 Å². The third-order valence-electron chi connectivity index (χ3n) is 4.54. The van der Waals surface area contributed by atoms with Crippen LogP contribution < -0.4 is 0 Å². The van der Waals surface area contributed by atoms with Crippen LogP contribution >= 0.6 is 0 Å². The first-order chi connectivity index (χ1) is 11.8. The van der Waals surface area contributed by atoms with Gasteiger partial charge in [0.2, 0.25) is 0 Å². The standard InChI is InChI=1S/C21H38O3/c1-2-3-4-5-6-7-8-9-10-11-12-13-14-15-16-17-21(22)24-19-20-18-23-20/h16-17,20H,2-15,18-19H2,1H3/b17-16+. The first-order valence-corrected chi connectivity index (χ1v) is 10.3. The van der Waals surface area contributed by atoms with Gasteiger partial charge in [0.1, 0.15) is 12.7 Å². The van der Waals surface area contributed by atoms with Crippen molar-refractivity contribution in [3.63, 3.8) is 0 Å². The highest BCUT2D eigenvalue weighted by Gasteiger charge is 2.23. The zero-order valence-electron chi connectivity index (χ0n) is 15.8. The summed E-state index contributed by atoms with van der Waals surface area (Å²) in [6.07, 6.45) is 22.5. The maximum Gasteiger partial charge on any atom is 0.330 e. The fourth-order valence-corrected chi connectivity index (χ4v) is 2.85. The number of hydrogen-bond acceptors (Lipinski definition) is 3. The van der Waals surface area contributed by atoms with Gasteiger partial charge >= 0.3 is 5.97 Å². The summed E-state index contributed by atoms with van der Waals surface area (Å²) in [6.45, 7) is 3.41. The van der Waals surface area contributed by atoms with Crippen LogP contribution in [-0.2, 0) is 14.3 Å². The number of allylic oxidation sites excluding steroid dienone is 1. The van der Waals surface area contributed by atoms with Crippen LogP contribution in [0.1, 0.15) is 96.8 Å². The van der Waals surface area contributed by atoms with Gasteiger partial charge in [-0.3, -0.25) is 0 Å². The average molecular weight is 339 g/mol. The van der Waals surface area contributed by atoms with Gasteiger partial charge < -0.3 is 9.47 Å². The van der Waals surface area contributed by atoms with Crippen molar-refractivity contribution in [3.8, 4) is 0 Å². The summed E-state index contributed by atoms with van der Waals surface area (Å²) in [5.74, 6) is -0.236. The number of unbranched alkanes of at least 4 members (excludes halogenated alkanes) is 13. The van der Waals surface area contributed by atoms with E-state index in [0.29, 0.717) is 6.61 Å². The number of ether oxygens (including phenoxy) is 2. The van der Waals surface area contributed by atoms with Gasteiger partial charge in [-0.1, -0.05) is 90.0 Å². The normalized spacial score (nSPS) is 16.6. The topological polar surface area (TPSA) is 38.8 Å². The van der Waals surface area contributed by atoms with Crippen molar-refractivity contribution in [3.05, 3.63) is 12.2 Å². The second kappa shape index (κ2) is 15.7. The fourth-order valence-electron chi connectivity index (χ4n) is 2.85. The van der Waals surface area contributed by atoms with Gasteiger partial charge in [0.25, 0.3) is 0 Å². The van der Waals surface area contributed by atoms with Crippen LogP contribution in [0.25, 0.3) is 0 Å². The molecule has 3 nitrogen and oxygen atoms in total. The predicted molar refractivity (Wildman–Crippen MR) is 100 cm³/mol. The van der Waals surface area contributed by atoms with Crippen molar-refractivity contribution >= 4 is 5.97 Å². The van der Waals surface area contributed by atoms with Crippen LogP contribution in [0.3, 0.4) is 0 Å². The molecule has 0 aromatic heterocycles. The Bertz CT molecular complexity index is 321. The smallest absolute Gasteiger partial charge is 0.330 e. The summed E-state index contributed by atoms with van der Waals surface area (Å²) in [7, 11) is 0. The number of carbonyl (C=O) groups is 1. The Hall–Kier alpha value is -0.830. The third-order valence-corrected chi connectivity index (χ3v) is 4.54. The van der Waals surface area contributed by atoms with E-state index in [1.165, 1.54) is 83.5 Å². The highest BCUT2D eigenvalue weighted by Crippen LogP contribution is 2.13. The molecule has 0 radical (unpaired) electrons. The summed E-state index contributed by atoms with van der Waals surface area (Å²) in [4.78, 5) is 11.3. The van der Waals surface area contributed by atoms with Crippen molar-refractivity contribution < 1.29 is 14.3 Å². The molecule has 1 fully saturated rings. The molecule has 0 aromatic carbocycles. The van der Waals surface area contributed by atoms with E-state index in [2.05, 4.69) is 6.92 Å². The van der Waals surface area contributed by atoms with Crippen LogP contribution in [0, 0.1) is 0 Å². The molecule has 0 N–H and O–H groups in total. The summed E-state index contributed by atoms with van der Waals surface area (Å²) in [5, 5.41) is 0. The second-order valence-corrected chi connectivity index (χ2v) is 7.02. The van der Waals surface area contributed by atoms with Crippen molar-refractivity contribution in [2.24, 2.45) is 0 Å². The molecule has 0 bridgehead atoms. The van der Waals surface area contributed by atoms with E-state index in [1.54, 1.807) is 6.08 Å². The van der Waals surface area contributed by atoms with Crippen LogP contribution in [0.5, 0.6) is 0 Å². The number of carbonyl (C=O) groups excluding carboxylic acids is 1. The van der Waals surface area contributed by atoms with Gasteiger partial charge in [-0.15, -0.1) is 0 Å². The molecule has 24 heavy (non-hydrogen) atoms. The SMILES string of the molecule is CCCCCCCCCCCCCCC/C=C/C(=O)OCC1CO1. The fraction of sp³-hybridized carbons (Fsp3) is 0.857. The number of rotatable bonds is 17. The van der Waals surface area contributed by atoms with Gasteiger partial charge in [0.15, 0.2) is 0 Å². The molecule has 1 unspecified atom stereocenters. The lowest BCUT2D eigenvalue weighted by molar-refractivity contribution is -0.138. The lowest BCUT2D eigenvalue weighted by Crippen LogP contribution is -2.06. The van der Waals surface area contributed by atoms with E-state index in [1.807, 2.05) is 6.08 Å². The quantitative estimate of drug-likeness (QED) is 0.142. The molecule has 0 spiro atoms. The molecule has 1 aliphatic heterocycles. The van der Waals surface area contributed by atoms with Crippen LogP contribution in [-0.4, -0.2) is 25.3 Å². The van der Waals surface area contributed by atoms with Gasteiger partial charge in [0.05, 0.1) is 6.61 Å². The molecule has 0 amide bonds. The minimum Gasteiger partial charge on any atom is -0.460 e. The zero-order chi connectivity index (χ0) is 17.3. The molecule has 0 aromatic rings.